The Labute approximate surface area is 188 Å². The number of fused-ring (bicyclic) bond motifs is 3. The van der Waals surface area contributed by atoms with Gasteiger partial charge in [-0.3, -0.25) is 9.69 Å². The number of benzene rings is 3. The Morgan fingerprint density at radius 1 is 0.970 bits per heavy atom. The maximum Gasteiger partial charge on any atom is 0.509 e. The Hall–Kier alpha value is -3.75. The number of hydrogen-bond donors (Lipinski definition) is 1. The van der Waals surface area contributed by atoms with E-state index in [1.807, 2.05) is 48.5 Å². The molecule has 1 N–H and O–H groups in total. The number of carbonyl (C=O) groups is 2. The molecule has 5 nitrogen and oxygen atoms in total. The van der Waals surface area contributed by atoms with Crippen molar-refractivity contribution in [3.05, 3.63) is 83.4 Å². The summed E-state index contributed by atoms with van der Waals surface area (Å²) in [5.41, 5.74) is 3.04. The van der Waals surface area contributed by atoms with Crippen LogP contribution in [0.5, 0.6) is 0 Å². The van der Waals surface area contributed by atoms with Crippen molar-refractivity contribution in [3.63, 3.8) is 0 Å². The molecular formula is C24H20BF3NO4-. The molecule has 1 aliphatic carbocycles. The number of anilines is 1. The van der Waals surface area contributed by atoms with Crippen LogP contribution in [-0.2, 0) is 16.0 Å². The summed E-state index contributed by atoms with van der Waals surface area (Å²) >= 11 is 0. The van der Waals surface area contributed by atoms with Crippen LogP contribution in [0.1, 0.15) is 22.6 Å². The summed E-state index contributed by atoms with van der Waals surface area (Å²) in [5.74, 6) is -1.46. The van der Waals surface area contributed by atoms with Crippen LogP contribution in [-0.4, -0.2) is 37.8 Å². The fourth-order valence-electron chi connectivity index (χ4n) is 4.16. The number of carboxylic acids is 1. The number of ether oxygens (including phenoxy) is 1. The third-order valence-electron chi connectivity index (χ3n) is 5.73. The number of halogens is 3. The number of carboxylic acid groups (broad SMARTS) is 1. The standard InChI is InChI=1S/C24H20BF3NO4/c1-29(17-11-15(12-23(30)31)10-16(13-17)25(26,27)28)24(32)33-14-22-20-8-4-2-6-18(20)19-7-3-5-9-21(19)22/h2-11,13,22H,12,14H2,1H3,(H,30,31)/q-1. The molecule has 0 radical (unpaired) electrons. The van der Waals surface area contributed by atoms with Crippen LogP contribution in [0.15, 0.2) is 66.7 Å². The van der Waals surface area contributed by atoms with Gasteiger partial charge in [0.15, 0.2) is 0 Å². The Balaban J connectivity index is 1.56. The van der Waals surface area contributed by atoms with Gasteiger partial charge < -0.3 is 22.8 Å². The van der Waals surface area contributed by atoms with Crippen molar-refractivity contribution in [1.29, 1.82) is 0 Å². The van der Waals surface area contributed by atoms with Gasteiger partial charge in [0.05, 0.1) is 6.42 Å². The second-order valence-corrected chi connectivity index (χ2v) is 7.94. The van der Waals surface area contributed by atoms with Gasteiger partial charge in [-0.05, 0) is 33.9 Å². The lowest BCUT2D eigenvalue weighted by molar-refractivity contribution is -0.136. The van der Waals surface area contributed by atoms with Gasteiger partial charge in [-0.1, -0.05) is 60.7 Å². The molecule has 9 heteroatoms. The molecule has 0 saturated heterocycles. The minimum Gasteiger partial charge on any atom is -0.481 e. The van der Waals surface area contributed by atoms with Gasteiger partial charge in [-0.25, -0.2) is 4.79 Å². The lowest BCUT2D eigenvalue weighted by Crippen LogP contribution is -2.36. The van der Waals surface area contributed by atoms with E-state index in [9.17, 15) is 22.5 Å². The van der Waals surface area contributed by atoms with Crippen molar-refractivity contribution >= 4 is 30.2 Å². The van der Waals surface area contributed by atoms with Gasteiger partial charge in [-0.2, -0.15) is 0 Å². The van der Waals surface area contributed by atoms with Crippen molar-refractivity contribution in [2.24, 2.45) is 0 Å². The summed E-state index contributed by atoms with van der Waals surface area (Å²) in [6.45, 7) is -5.36. The zero-order chi connectivity index (χ0) is 23.8. The molecular weight excluding hydrogens is 434 g/mol. The highest BCUT2D eigenvalue weighted by Crippen LogP contribution is 2.44. The molecule has 1 aliphatic rings. The fraction of sp³-hybridized carbons (Fsp3) is 0.167. The van der Waals surface area contributed by atoms with E-state index in [0.29, 0.717) is 0 Å². The second kappa shape index (κ2) is 8.65. The number of rotatable bonds is 6. The lowest BCUT2D eigenvalue weighted by atomic mass is 9.78. The molecule has 0 unspecified atom stereocenters. The maximum absolute atomic E-state index is 13.4. The summed E-state index contributed by atoms with van der Waals surface area (Å²) in [7, 11) is 1.30. The first-order chi connectivity index (χ1) is 15.6. The molecule has 0 heterocycles. The van der Waals surface area contributed by atoms with Crippen molar-refractivity contribution in [2.75, 3.05) is 18.6 Å². The van der Waals surface area contributed by atoms with Gasteiger partial charge in [0.25, 0.3) is 0 Å². The minimum atomic E-state index is -5.38. The van der Waals surface area contributed by atoms with E-state index in [2.05, 4.69) is 0 Å². The van der Waals surface area contributed by atoms with E-state index in [4.69, 9.17) is 9.84 Å². The van der Waals surface area contributed by atoms with Crippen LogP contribution in [0.25, 0.3) is 11.1 Å². The zero-order valence-electron chi connectivity index (χ0n) is 17.7. The smallest absolute Gasteiger partial charge is 0.481 e. The van der Waals surface area contributed by atoms with Crippen molar-refractivity contribution < 1.29 is 32.4 Å². The largest absolute Gasteiger partial charge is 0.509 e. The first-order valence-electron chi connectivity index (χ1n) is 10.3. The lowest BCUT2D eigenvalue weighted by Gasteiger charge is -2.23. The monoisotopic (exact) mass is 454 g/mol. The molecule has 4 rings (SSSR count). The third-order valence-corrected chi connectivity index (χ3v) is 5.73. The van der Waals surface area contributed by atoms with Crippen molar-refractivity contribution in [2.45, 2.75) is 12.3 Å². The highest BCUT2D eigenvalue weighted by Gasteiger charge is 2.30. The maximum atomic E-state index is 13.4. The first-order valence-corrected chi connectivity index (χ1v) is 10.3. The van der Waals surface area contributed by atoms with E-state index in [1.165, 1.54) is 13.1 Å². The molecule has 0 atom stereocenters. The Bertz CT molecular complexity index is 1180. The molecule has 1 amide bonds. The van der Waals surface area contributed by atoms with Crippen LogP contribution in [0, 0.1) is 0 Å². The number of hydrogen-bond acceptors (Lipinski definition) is 3. The van der Waals surface area contributed by atoms with Gasteiger partial charge in [0.1, 0.15) is 6.61 Å². The van der Waals surface area contributed by atoms with Gasteiger partial charge >= 0.3 is 19.0 Å². The minimum absolute atomic E-state index is 0.0160. The number of aliphatic carboxylic acids is 1. The number of nitrogens with zero attached hydrogens (tertiary/aromatic N) is 1. The summed E-state index contributed by atoms with van der Waals surface area (Å²) in [6, 6.07) is 18.5. The predicted molar refractivity (Wildman–Crippen MR) is 120 cm³/mol. The molecule has 3 aromatic rings. The number of amides is 1. The molecule has 170 valence electrons. The normalized spacial score (nSPS) is 12.7. The summed E-state index contributed by atoms with van der Waals surface area (Å²) < 4.78 is 45.6. The zero-order valence-corrected chi connectivity index (χ0v) is 17.7. The van der Waals surface area contributed by atoms with E-state index < -0.39 is 30.9 Å². The Kier molecular flexibility index (Phi) is 5.89. The van der Waals surface area contributed by atoms with E-state index in [1.54, 1.807) is 0 Å². The van der Waals surface area contributed by atoms with E-state index in [0.717, 1.165) is 39.3 Å². The Morgan fingerprint density at radius 3 is 2.09 bits per heavy atom. The molecule has 0 fully saturated rings. The fourth-order valence-corrected chi connectivity index (χ4v) is 4.16. The molecule has 33 heavy (non-hydrogen) atoms. The summed E-state index contributed by atoms with van der Waals surface area (Å²) in [5, 5.41) is 8.98. The quantitative estimate of drug-likeness (QED) is 0.546. The second-order valence-electron chi connectivity index (χ2n) is 7.94. The molecule has 0 aromatic heterocycles. The summed E-state index contributed by atoms with van der Waals surface area (Å²) in [6.07, 6.45) is -1.42. The molecule has 0 aliphatic heterocycles. The topological polar surface area (TPSA) is 66.8 Å². The molecule has 0 bridgehead atoms. The Morgan fingerprint density at radius 2 is 1.55 bits per heavy atom. The third kappa shape index (κ3) is 4.57. The first kappa shape index (κ1) is 22.4. The van der Waals surface area contributed by atoms with Gasteiger partial charge in [0, 0.05) is 18.7 Å². The van der Waals surface area contributed by atoms with Crippen LogP contribution in [0.4, 0.5) is 23.4 Å². The average Bonchev–Trinajstić information content (AvgIpc) is 3.09. The highest BCUT2D eigenvalue weighted by atomic mass is 19.4. The average molecular weight is 454 g/mol. The predicted octanol–water partition coefficient (Wildman–Crippen LogP) is 4.75. The van der Waals surface area contributed by atoms with Crippen LogP contribution in [0.2, 0.25) is 0 Å². The van der Waals surface area contributed by atoms with Crippen molar-refractivity contribution in [3.8, 4) is 11.1 Å². The number of carbonyl (C=O) groups excluding carboxylic acids is 1. The van der Waals surface area contributed by atoms with Crippen LogP contribution >= 0.6 is 0 Å². The van der Waals surface area contributed by atoms with Crippen molar-refractivity contribution in [1.82, 2.24) is 0 Å². The SMILES string of the molecule is CN(C(=O)OCC1c2ccccc2-c2ccccc21)c1cc(CC(=O)O)cc([B-](F)(F)F)c1. The van der Waals surface area contributed by atoms with Gasteiger partial charge in [-0.15, -0.1) is 5.46 Å². The van der Waals surface area contributed by atoms with Crippen LogP contribution in [0.3, 0.4) is 0 Å². The van der Waals surface area contributed by atoms with E-state index in [-0.39, 0.29) is 23.8 Å². The summed E-state index contributed by atoms with van der Waals surface area (Å²) in [4.78, 5) is 24.7. The molecule has 3 aromatic carbocycles. The van der Waals surface area contributed by atoms with Gasteiger partial charge in [0.2, 0.25) is 0 Å². The molecule has 0 spiro atoms. The van der Waals surface area contributed by atoms with Crippen LogP contribution < -0.4 is 10.4 Å². The highest BCUT2D eigenvalue weighted by molar-refractivity contribution is 6.73. The molecule has 0 saturated carbocycles. The van der Waals surface area contributed by atoms with E-state index >= 15 is 0 Å².